The van der Waals surface area contributed by atoms with E-state index in [4.69, 9.17) is 11.5 Å². The van der Waals surface area contributed by atoms with Gasteiger partial charge in [-0.2, -0.15) is 0 Å². The third kappa shape index (κ3) is 3.65. The van der Waals surface area contributed by atoms with Gasteiger partial charge < -0.3 is 16.8 Å². The number of nitrogens with two attached hydrogens (primary N) is 2. The fourth-order valence-electron chi connectivity index (χ4n) is 1.49. The Hall–Kier alpha value is -1.71. The van der Waals surface area contributed by atoms with Crippen LogP contribution in [0.15, 0.2) is 18.2 Å². The van der Waals surface area contributed by atoms with Crippen molar-refractivity contribution in [2.24, 2.45) is 17.1 Å². The highest BCUT2D eigenvalue weighted by atomic mass is 16.1. The second kappa shape index (κ2) is 5.29. The average molecular weight is 249 g/mol. The molecule has 1 atom stereocenters. The zero-order valence-corrected chi connectivity index (χ0v) is 11.6. The molecule has 0 aromatic heterocycles. The van der Waals surface area contributed by atoms with Crippen LogP contribution in [0.2, 0.25) is 0 Å². The summed E-state index contributed by atoms with van der Waals surface area (Å²) < 4.78 is 0. The highest BCUT2D eigenvalue weighted by molar-refractivity contribution is 5.99. The number of nitrogens with one attached hydrogen (secondary N) is 1. The molecule has 1 unspecified atom stereocenters. The van der Waals surface area contributed by atoms with Gasteiger partial charge in [0.1, 0.15) is 0 Å². The van der Waals surface area contributed by atoms with Gasteiger partial charge >= 0.3 is 0 Å². The maximum absolute atomic E-state index is 11.3. The van der Waals surface area contributed by atoms with Crippen LogP contribution in [0.5, 0.6) is 0 Å². The summed E-state index contributed by atoms with van der Waals surface area (Å²) in [6, 6.07) is 5.16. The first-order valence-electron chi connectivity index (χ1n) is 6.15. The summed E-state index contributed by atoms with van der Waals surface area (Å²) >= 11 is 0. The lowest BCUT2D eigenvalue weighted by molar-refractivity contribution is 0.100. The number of rotatable bonds is 4. The number of hydrogen-bond acceptors (Lipinski definition) is 3. The van der Waals surface area contributed by atoms with E-state index in [-0.39, 0.29) is 5.41 Å². The van der Waals surface area contributed by atoms with Gasteiger partial charge in [-0.25, -0.2) is 0 Å². The van der Waals surface area contributed by atoms with Crippen molar-refractivity contribution in [2.45, 2.75) is 27.7 Å². The quantitative estimate of drug-likeness (QED) is 0.717. The van der Waals surface area contributed by atoms with E-state index in [1.165, 1.54) is 0 Å². The van der Waals surface area contributed by atoms with E-state index in [0.717, 1.165) is 12.2 Å². The standard InChI is InChI=1S/C14H23N3O/c1-9(14(2,3)4)8-17-12-6-5-10(15)7-11(12)13(16)18/h5-7,9,17H,8,15H2,1-4H3,(H2,16,18). The molecule has 0 aliphatic carbocycles. The average Bonchev–Trinajstić information content (AvgIpc) is 2.25. The van der Waals surface area contributed by atoms with Crippen LogP contribution in [0.3, 0.4) is 0 Å². The molecule has 0 saturated carbocycles. The number of primary amides is 1. The van der Waals surface area contributed by atoms with E-state index in [1.54, 1.807) is 18.2 Å². The van der Waals surface area contributed by atoms with Crippen molar-refractivity contribution in [1.82, 2.24) is 0 Å². The Morgan fingerprint density at radius 1 is 1.39 bits per heavy atom. The Morgan fingerprint density at radius 2 is 2.00 bits per heavy atom. The molecule has 4 heteroatoms. The second-order valence-corrected chi connectivity index (χ2v) is 5.82. The van der Waals surface area contributed by atoms with Crippen molar-refractivity contribution in [3.63, 3.8) is 0 Å². The van der Waals surface area contributed by atoms with Gasteiger partial charge in [0, 0.05) is 17.9 Å². The van der Waals surface area contributed by atoms with Crippen molar-refractivity contribution in [2.75, 3.05) is 17.6 Å². The highest BCUT2D eigenvalue weighted by Gasteiger charge is 2.20. The van der Waals surface area contributed by atoms with E-state index in [9.17, 15) is 4.79 Å². The van der Waals surface area contributed by atoms with Crippen LogP contribution in [0.4, 0.5) is 11.4 Å². The Bertz CT molecular complexity index is 435. The van der Waals surface area contributed by atoms with Crippen LogP contribution in [-0.2, 0) is 0 Å². The van der Waals surface area contributed by atoms with Crippen LogP contribution < -0.4 is 16.8 Å². The molecule has 5 N–H and O–H groups in total. The van der Waals surface area contributed by atoms with Crippen LogP contribution >= 0.6 is 0 Å². The molecule has 0 saturated heterocycles. The number of hydrogen-bond donors (Lipinski definition) is 3. The molecule has 1 rings (SSSR count). The number of anilines is 2. The van der Waals surface area contributed by atoms with Gasteiger partial charge in [-0.1, -0.05) is 27.7 Å². The van der Waals surface area contributed by atoms with Gasteiger partial charge in [0.2, 0.25) is 0 Å². The van der Waals surface area contributed by atoms with Crippen molar-refractivity contribution < 1.29 is 4.79 Å². The molecule has 18 heavy (non-hydrogen) atoms. The molecule has 0 radical (unpaired) electrons. The first-order valence-corrected chi connectivity index (χ1v) is 6.15. The zero-order valence-electron chi connectivity index (χ0n) is 11.6. The number of carbonyl (C=O) groups excluding carboxylic acids is 1. The normalized spacial score (nSPS) is 13.1. The molecule has 1 aromatic carbocycles. The van der Waals surface area contributed by atoms with Gasteiger partial charge in [-0.3, -0.25) is 4.79 Å². The topological polar surface area (TPSA) is 81.1 Å². The monoisotopic (exact) mass is 249 g/mol. The molecule has 0 aliphatic heterocycles. The van der Waals surface area contributed by atoms with E-state index in [2.05, 4.69) is 33.0 Å². The smallest absolute Gasteiger partial charge is 0.250 e. The van der Waals surface area contributed by atoms with E-state index in [0.29, 0.717) is 17.2 Å². The molecular weight excluding hydrogens is 226 g/mol. The van der Waals surface area contributed by atoms with Crippen molar-refractivity contribution in [1.29, 1.82) is 0 Å². The summed E-state index contributed by atoms with van der Waals surface area (Å²) in [6.45, 7) is 9.54. The summed E-state index contributed by atoms with van der Waals surface area (Å²) in [5.41, 5.74) is 12.9. The Balaban J connectivity index is 2.82. The highest BCUT2D eigenvalue weighted by Crippen LogP contribution is 2.26. The number of carbonyl (C=O) groups is 1. The molecule has 1 amide bonds. The summed E-state index contributed by atoms with van der Waals surface area (Å²) in [5.74, 6) is 0.00370. The van der Waals surface area contributed by atoms with Gasteiger partial charge in [0.05, 0.1) is 5.56 Å². The number of benzene rings is 1. The lowest BCUT2D eigenvalue weighted by Gasteiger charge is -2.28. The Morgan fingerprint density at radius 3 is 2.50 bits per heavy atom. The molecule has 100 valence electrons. The summed E-state index contributed by atoms with van der Waals surface area (Å²) in [5, 5.41) is 3.27. The van der Waals surface area contributed by atoms with E-state index in [1.807, 2.05) is 0 Å². The fraction of sp³-hybridized carbons (Fsp3) is 0.500. The van der Waals surface area contributed by atoms with Crippen LogP contribution in [0.1, 0.15) is 38.1 Å². The molecule has 0 aliphatic rings. The maximum atomic E-state index is 11.3. The molecule has 0 fully saturated rings. The fourth-order valence-corrected chi connectivity index (χ4v) is 1.49. The summed E-state index contributed by atoms with van der Waals surface area (Å²) in [7, 11) is 0. The molecule has 0 spiro atoms. The number of nitrogen functional groups attached to an aromatic ring is 1. The van der Waals surface area contributed by atoms with Gasteiger partial charge in [-0.05, 0) is 29.5 Å². The summed E-state index contributed by atoms with van der Waals surface area (Å²) in [6.07, 6.45) is 0. The SMILES string of the molecule is CC(CNc1ccc(N)cc1C(N)=O)C(C)(C)C. The largest absolute Gasteiger partial charge is 0.399 e. The first-order chi connectivity index (χ1) is 8.21. The Kier molecular flexibility index (Phi) is 4.22. The molecule has 0 heterocycles. The van der Waals surface area contributed by atoms with Crippen LogP contribution in [0.25, 0.3) is 0 Å². The second-order valence-electron chi connectivity index (χ2n) is 5.82. The predicted octanol–water partition coefficient (Wildman–Crippen LogP) is 2.46. The molecular formula is C14H23N3O. The molecule has 4 nitrogen and oxygen atoms in total. The molecule has 1 aromatic rings. The van der Waals surface area contributed by atoms with Crippen LogP contribution in [-0.4, -0.2) is 12.5 Å². The minimum atomic E-state index is -0.465. The lowest BCUT2D eigenvalue weighted by Crippen LogP contribution is -2.25. The number of amides is 1. The third-order valence-corrected chi connectivity index (χ3v) is 3.39. The van der Waals surface area contributed by atoms with E-state index < -0.39 is 5.91 Å². The van der Waals surface area contributed by atoms with E-state index >= 15 is 0 Å². The van der Waals surface area contributed by atoms with Crippen molar-refractivity contribution in [3.8, 4) is 0 Å². The van der Waals surface area contributed by atoms with Crippen molar-refractivity contribution in [3.05, 3.63) is 23.8 Å². The Labute approximate surface area is 109 Å². The zero-order chi connectivity index (χ0) is 13.9. The molecule has 0 bridgehead atoms. The van der Waals surface area contributed by atoms with Gasteiger partial charge in [-0.15, -0.1) is 0 Å². The minimum absolute atomic E-state index is 0.216. The summed E-state index contributed by atoms with van der Waals surface area (Å²) in [4.78, 5) is 11.3. The lowest BCUT2D eigenvalue weighted by atomic mass is 9.82. The predicted molar refractivity (Wildman–Crippen MR) is 76.5 cm³/mol. The van der Waals surface area contributed by atoms with Gasteiger partial charge in [0.15, 0.2) is 0 Å². The van der Waals surface area contributed by atoms with Gasteiger partial charge in [0.25, 0.3) is 5.91 Å². The minimum Gasteiger partial charge on any atom is -0.399 e. The first kappa shape index (κ1) is 14.4. The third-order valence-electron chi connectivity index (χ3n) is 3.39. The van der Waals surface area contributed by atoms with Crippen molar-refractivity contribution >= 4 is 17.3 Å². The maximum Gasteiger partial charge on any atom is 0.250 e. The van der Waals surface area contributed by atoms with Crippen LogP contribution in [0, 0.1) is 11.3 Å².